The molecule has 2 fully saturated rings. The van der Waals surface area contributed by atoms with E-state index >= 15 is 0 Å². The maximum absolute atomic E-state index is 12.4. The molecule has 1 heterocycles. The van der Waals surface area contributed by atoms with Crippen molar-refractivity contribution in [3.63, 3.8) is 0 Å². The van der Waals surface area contributed by atoms with Crippen LogP contribution in [0, 0.1) is 17.2 Å². The van der Waals surface area contributed by atoms with Crippen LogP contribution in [0.4, 0.5) is 0 Å². The highest BCUT2D eigenvalue weighted by Gasteiger charge is 2.45. The van der Waals surface area contributed by atoms with E-state index < -0.39 is 5.54 Å². The van der Waals surface area contributed by atoms with Crippen LogP contribution in [0.1, 0.15) is 51.9 Å². The van der Waals surface area contributed by atoms with Crippen LogP contribution in [0.25, 0.3) is 0 Å². The molecule has 1 aromatic rings. The number of benzene rings is 1. The van der Waals surface area contributed by atoms with Gasteiger partial charge in [-0.15, -0.1) is 0 Å². The van der Waals surface area contributed by atoms with Gasteiger partial charge in [0.25, 0.3) is 5.91 Å². The molecule has 1 aliphatic heterocycles. The molecule has 1 aromatic carbocycles. The topological polar surface area (TPSA) is 94.5 Å². The van der Waals surface area contributed by atoms with Crippen LogP contribution in [0.3, 0.4) is 0 Å². The molecule has 2 aliphatic rings. The third-order valence-corrected chi connectivity index (χ3v) is 6.46. The van der Waals surface area contributed by atoms with Crippen LogP contribution in [0.15, 0.2) is 30.3 Å². The van der Waals surface area contributed by atoms with Crippen molar-refractivity contribution in [3.8, 4) is 5.75 Å². The summed E-state index contributed by atoms with van der Waals surface area (Å²) < 4.78 is 5.57. The van der Waals surface area contributed by atoms with Gasteiger partial charge in [-0.25, -0.2) is 0 Å². The van der Waals surface area contributed by atoms with Gasteiger partial charge in [-0.3, -0.25) is 10.2 Å². The van der Waals surface area contributed by atoms with Gasteiger partial charge in [0.05, 0.1) is 5.54 Å². The largest absolute Gasteiger partial charge is 0.484 e. The van der Waals surface area contributed by atoms with Crippen LogP contribution in [-0.2, 0) is 9.59 Å². The molecular formula is C24H36N4O3. The zero-order valence-corrected chi connectivity index (χ0v) is 18.6. The predicted molar refractivity (Wildman–Crippen MR) is 121 cm³/mol. The number of ether oxygens (including phenoxy) is 1. The first-order valence-corrected chi connectivity index (χ1v) is 11.6. The minimum Gasteiger partial charge on any atom is -0.484 e. The van der Waals surface area contributed by atoms with E-state index in [2.05, 4.69) is 17.6 Å². The van der Waals surface area contributed by atoms with Crippen molar-refractivity contribution >= 4 is 18.2 Å². The summed E-state index contributed by atoms with van der Waals surface area (Å²) in [6.07, 6.45) is 7.75. The molecule has 1 atom stereocenters. The molecule has 3 N–H and O–H groups in total. The number of aldehydes is 1. The Kier molecular flexibility index (Phi) is 8.32. The fraction of sp³-hybridized carbons (Fsp3) is 0.625. The average Bonchev–Trinajstić information content (AvgIpc) is 3.66. The molecule has 0 spiro atoms. The molecule has 1 amide bonds. The number of unbranched alkanes of at least 4 members (excludes halogenated alkanes) is 1. The van der Waals surface area contributed by atoms with E-state index in [0.29, 0.717) is 37.2 Å². The van der Waals surface area contributed by atoms with Crippen LogP contribution in [0.2, 0.25) is 0 Å². The molecule has 0 bridgehead atoms. The van der Waals surface area contributed by atoms with Gasteiger partial charge in [0, 0.05) is 19.6 Å². The summed E-state index contributed by atoms with van der Waals surface area (Å²) in [5, 5.41) is 14.7. The van der Waals surface area contributed by atoms with Gasteiger partial charge in [0.2, 0.25) is 0 Å². The molecule has 0 aromatic heterocycles. The van der Waals surface area contributed by atoms with E-state index in [4.69, 9.17) is 10.1 Å². The number of rotatable bonds is 11. The van der Waals surface area contributed by atoms with E-state index in [1.54, 1.807) is 0 Å². The van der Waals surface area contributed by atoms with Crippen molar-refractivity contribution in [3.05, 3.63) is 30.3 Å². The minimum atomic E-state index is -0.589. The van der Waals surface area contributed by atoms with E-state index in [1.165, 1.54) is 0 Å². The van der Waals surface area contributed by atoms with Crippen molar-refractivity contribution in [2.45, 2.75) is 57.4 Å². The number of carbonyl (C=O) groups is 2. The number of amides is 1. The number of guanidine groups is 1. The first kappa shape index (κ1) is 23.1. The number of nitrogens with one attached hydrogen (secondary N) is 3. The molecule has 31 heavy (non-hydrogen) atoms. The summed E-state index contributed by atoms with van der Waals surface area (Å²) in [4.78, 5) is 26.1. The maximum Gasteiger partial charge on any atom is 0.260 e. The average molecular weight is 429 g/mol. The van der Waals surface area contributed by atoms with Crippen molar-refractivity contribution in [2.75, 3.05) is 26.2 Å². The summed E-state index contributed by atoms with van der Waals surface area (Å²) >= 11 is 0. The summed E-state index contributed by atoms with van der Waals surface area (Å²) in [7, 11) is 0. The summed E-state index contributed by atoms with van der Waals surface area (Å²) in [6, 6.07) is 9.38. The first-order chi connectivity index (χ1) is 15.1. The fourth-order valence-electron chi connectivity index (χ4n) is 4.28. The molecule has 7 heteroatoms. The van der Waals surface area contributed by atoms with E-state index in [9.17, 15) is 9.59 Å². The number of para-hydroxylation sites is 1. The zero-order valence-electron chi connectivity index (χ0n) is 18.6. The Hall–Kier alpha value is -2.57. The Bertz CT molecular complexity index is 730. The van der Waals surface area contributed by atoms with Gasteiger partial charge in [-0.2, -0.15) is 0 Å². The second-order valence-electron chi connectivity index (χ2n) is 8.84. The quantitative estimate of drug-likeness (QED) is 0.286. The van der Waals surface area contributed by atoms with Gasteiger partial charge >= 0.3 is 0 Å². The van der Waals surface area contributed by atoms with Crippen molar-refractivity contribution in [1.29, 1.82) is 5.41 Å². The van der Waals surface area contributed by atoms with Crippen molar-refractivity contribution in [1.82, 2.24) is 15.5 Å². The summed E-state index contributed by atoms with van der Waals surface area (Å²) in [5.41, 5.74) is -0.589. The molecule has 170 valence electrons. The number of carbonyl (C=O) groups excluding carboxylic acids is 2. The van der Waals surface area contributed by atoms with Crippen LogP contribution in [0.5, 0.6) is 5.75 Å². The van der Waals surface area contributed by atoms with Gasteiger partial charge in [0.15, 0.2) is 12.6 Å². The maximum atomic E-state index is 12.4. The highest BCUT2D eigenvalue weighted by molar-refractivity contribution is 5.82. The second-order valence-corrected chi connectivity index (χ2v) is 8.84. The van der Waals surface area contributed by atoms with E-state index in [0.717, 1.165) is 51.2 Å². The molecule has 1 aliphatic carbocycles. The second kappa shape index (κ2) is 11.2. The standard InChI is InChI=1S/C24H36N4O3/c1-2-3-13-24(18-29,20-9-10-20)27-23(25)26-16-19-11-14-28(15-12-19)22(30)17-31-21-7-5-4-6-8-21/h4-8,18-20H,2-3,9-17H2,1H3,(H3,25,26,27). The van der Waals surface area contributed by atoms with Crippen LogP contribution in [-0.4, -0.2) is 54.8 Å². The number of hydrogen-bond acceptors (Lipinski definition) is 4. The number of piperidine rings is 1. The number of hydrogen-bond donors (Lipinski definition) is 3. The van der Waals surface area contributed by atoms with Crippen molar-refractivity contribution < 1.29 is 14.3 Å². The normalized spacial score (nSPS) is 18.7. The third kappa shape index (κ3) is 6.71. The summed E-state index contributed by atoms with van der Waals surface area (Å²) in [6.45, 7) is 4.29. The minimum absolute atomic E-state index is 0.0146. The smallest absolute Gasteiger partial charge is 0.260 e. The number of nitrogens with zero attached hydrogens (tertiary/aromatic N) is 1. The lowest BCUT2D eigenvalue weighted by atomic mass is 9.89. The highest BCUT2D eigenvalue weighted by atomic mass is 16.5. The Balaban J connectivity index is 1.37. The first-order valence-electron chi connectivity index (χ1n) is 11.6. The summed E-state index contributed by atoms with van der Waals surface area (Å²) in [5.74, 6) is 1.72. The van der Waals surface area contributed by atoms with Gasteiger partial charge in [-0.05, 0) is 56.1 Å². The van der Waals surface area contributed by atoms with Gasteiger partial charge in [0.1, 0.15) is 12.0 Å². The molecule has 1 unspecified atom stereocenters. The Morgan fingerprint density at radius 2 is 1.94 bits per heavy atom. The molecule has 7 nitrogen and oxygen atoms in total. The lowest BCUT2D eigenvalue weighted by molar-refractivity contribution is -0.134. The lowest BCUT2D eigenvalue weighted by Gasteiger charge is -2.34. The SMILES string of the molecule is CCCCC(C=O)(NC(=N)NCC1CCN(C(=O)COc2ccccc2)CC1)C1CC1. The van der Waals surface area contributed by atoms with Gasteiger partial charge in [-0.1, -0.05) is 38.0 Å². The highest BCUT2D eigenvalue weighted by Crippen LogP contribution is 2.41. The predicted octanol–water partition coefficient (Wildman–Crippen LogP) is 2.96. The molecular weight excluding hydrogens is 392 g/mol. The third-order valence-electron chi connectivity index (χ3n) is 6.46. The molecule has 3 rings (SSSR count). The monoisotopic (exact) mass is 428 g/mol. The van der Waals surface area contributed by atoms with Crippen LogP contribution >= 0.6 is 0 Å². The van der Waals surface area contributed by atoms with E-state index in [1.807, 2.05) is 35.2 Å². The number of likely N-dealkylation sites (tertiary alicyclic amines) is 1. The molecule has 1 saturated heterocycles. The Labute approximate surface area is 185 Å². The van der Waals surface area contributed by atoms with E-state index in [-0.39, 0.29) is 18.5 Å². The molecule has 0 radical (unpaired) electrons. The zero-order chi connectivity index (χ0) is 22.1. The molecule has 1 saturated carbocycles. The fourth-order valence-corrected chi connectivity index (χ4v) is 4.28. The van der Waals surface area contributed by atoms with Crippen molar-refractivity contribution in [2.24, 2.45) is 11.8 Å². The van der Waals surface area contributed by atoms with Gasteiger partial charge < -0.3 is 25.1 Å². The Morgan fingerprint density at radius 1 is 1.23 bits per heavy atom. The van der Waals surface area contributed by atoms with Crippen LogP contribution < -0.4 is 15.4 Å². The lowest BCUT2D eigenvalue weighted by Crippen LogP contribution is -2.56. The Morgan fingerprint density at radius 3 is 2.55 bits per heavy atom.